The van der Waals surface area contributed by atoms with Gasteiger partial charge >= 0.3 is 0 Å². The number of carbonyl (C=O) groups is 1. The quantitative estimate of drug-likeness (QED) is 0.406. The summed E-state index contributed by atoms with van der Waals surface area (Å²) in [4.78, 5) is 25.1. The van der Waals surface area contributed by atoms with Crippen LogP contribution in [0.1, 0.15) is 10.5 Å². The Balaban J connectivity index is 1.24. The average Bonchev–Trinajstić information content (AvgIpc) is 3.26. The molecule has 0 fully saturated rings. The Morgan fingerprint density at radius 3 is 2.52 bits per heavy atom. The van der Waals surface area contributed by atoms with Crippen molar-refractivity contribution in [1.82, 2.24) is 30.0 Å². The third-order valence-electron chi connectivity index (χ3n) is 5.10. The number of nitrogens with one attached hydrogen (secondary N) is 1. The van der Waals surface area contributed by atoms with E-state index in [2.05, 4.69) is 25.4 Å². The number of aromatic nitrogens is 5. The van der Waals surface area contributed by atoms with Gasteiger partial charge in [0.05, 0.1) is 17.2 Å². The van der Waals surface area contributed by atoms with Crippen molar-refractivity contribution in [2.45, 2.75) is 0 Å². The second-order valence-corrected chi connectivity index (χ2v) is 7.36. The van der Waals surface area contributed by atoms with Gasteiger partial charge in [0.1, 0.15) is 17.1 Å². The molecule has 0 atom stereocenters. The molecule has 1 amide bonds. The van der Waals surface area contributed by atoms with Gasteiger partial charge in [0.2, 0.25) is 0 Å². The predicted octanol–water partition coefficient (Wildman–Crippen LogP) is 3.86. The van der Waals surface area contributed by atoms with Crippen molar-refractivity contribution in [3.05, 3.63) is 91.1 Å². The summed E-state index contributed by atoms with van der Waals surface area (Å²) in [6.45, 7) is 0.0124. The first-order valence-corrected chi connectivity index (χ1v) is 10.3. The smallest absolute Gasteiger partial charge is 0.274 e. The van der Waals surface area contributed by atoms with E-state index in [0.29, 0.717) is 11.3 Å². The maximum atomic E-state index is 12.4. The molecule has 8 nitrogen and oxygen atoms in total. The van der Waals surface area contributed by atoms with Gasteiger partial charge in [0.15, 0.2) is 6.73 Å². The van der Waals surface area contributed by atoms with E-state index in [1.807, 2.05) is 73.9 Å². The van der Waals surface area contributed by atoms with Crippen LogP contribution in [0.3, 0.4) is 0 Å². The average molecular weight is 436 g/mol. The Hall–Kier alpha value is -4.59. The third kappa shape index (κ3) is 4.40. The topological polar surface area (TPSA) is 94.8 Å². The maximum Gasteiger partial charge on any atom is 0.274 e. The highest BCUT2D eigenvalue weighted by molar-refractivity contribution is 5.93. The number of rotatable bonds is 6. The van der Waals surface area contributed by atoms with Crippen molar-refractivity contribution in [2.24, 2.45) is 7.05 Å². The van der Waals surface area contributed by atoms with Crippen LogP contribution < -0.4 is 10.1 Å². The van der Waals surface area contributed by atoms with Crippen LogP contribution in [-0.2, 0) is 7.05 Å². The first kappa shape index (κ1) is 20.3. The summed E-state index contributed by atoms with van der Waals surface area (Å²) in [5, 5.41) is 7.32. The lowest BCUT2D eigenvalue weighted by Gasteiger charge is -2.09. The Kier molecular flexibility index (Phi) is 5.47. The first-order valence-electron chi connectivity index (χ1n) is 10.3. The molecule has 0 aliphatic heterocycles. The van der Waals surface area contributed by atoms with Crippen molar-refractivity contribution in [1.29, 1.82) is 0 Å². The van der Waals surface area contributed by atoms with E-state index >= 15 is 0 Å². The normalized spacial score (nSPS) is 10.8. The van der Waals surface area contributed by atoms with Crippen LogP contribution in [0.25, 0.3) is 33.4 Å². The lowest BCUT2D eigenvalue weighted by atomic mass is 10.0. The third-order valence-corrected chi connectivity index (χ3v) is 5.10. The van der Waals surface area contributed by atoms with Crippen molar-refractivity contribution < 1.29 is 9.53 Å². The number of amides is 1. The molecule has 33 heavy (non-hydrogen) atoms. The molecule has 0 saturated heterocycles. The molecule has 1 N–H and O–H groups in total. The number of aryl methyl sites for hydroxylation is 1. The molecular weight excluding hydrogens is 416 g/mol. The molecule has 0 saturated carbocycles. The minimum Gasteiger partial charge on any atom is -0.473 e. The Bertz CT molecular complexity index is 1410. The maximum absolute atomic E-state index is 12.4. The number of carbonyl (C=O) groups excluding carboxylic acids is 1. The van der Waals surface area contributed by atoms with Gasteiger partial charge in [-0.3, -0.25) is 19.4 Å². The van der Waals surface area contributed by atoms with Crippen molar-refractivity contribution in [3.63, 3.8) is 0 Å². The van der Waals surface area contributed by atoms with Crippen molar-refractivity contribution in [3.8, 4) is 28.1 Å². The van der Waals surface area contributed by atoms with E-state index in [-0.39, 0.29) is 18.3 Å². The van der Waals surface area contributed by atoms with Gasteiger partial charge in [-0.05, 0) is 54.1 Å². The largest absolute Gasteiger partial charge is 0.473 e. The Labute approximate surface area is 189 Å². The highest BCUT2D eigenvalue weighted by Crippen LogP contribution is 2.31. The summed E-state index contributed by atoms with van der Waals surface area (Å²) >= 11 is 0. The van der Waals surface area contributed by atoms with E-state index in [4.69, 9.17) is 4.74 Å². The van der Waals surface area contributed by atoms with Crippen molar-refractivity contribution >= 4 is 16.9 Å². The van der Waals surface area contributed by atoms with Crippen LogP contribution in [0.15, 0.2) is 85.5 Å². The summed E-state index contributed by atoms with van der Waals surface area (Å²) < 4.78 is 7.47. The molecule has 3 aromatic heterocycles. The first-order chi connectivity index (χ1) is 16.2. The number of pyridine rings is 1. The standard InChI is InChI=1S/C25H20N6O2/c1-31-15-20(17-10-12-26-13-11-17)24(30-31)18-6-8-19(9-7-18)33-16-28-25(32)23-14-27-21-4-2-3-5-22(21)29-23/h2-15H,16H2,1H3,(H,28,32). The summed E-state index contributed by atoms with van der Waals surface area (Å²) in [6.07, 6.45) is 6.97. The predicted molar refractivity (Wildman–Crippen MR) is 124 cm³/mol. The van der Waals surface area contributed by atoms with E-state index in [0.717, 1.165) is 27.9 Å². The molecule has 5 rings (SSSR count). The van der Waals surface area contributed by atoms with Gasteiger partial charge in [-0.25, -0.2) is 4.98 Å². The zero-order chi connectivity index (χ0) is 22.6. The summed E-state index contributed by atoms with van der Waals surface area (Å²) in [5.74, 6) is 0.283. The van der Waals surface area contributed by atoms with Gasteiger partial charge in [0.25, 0.3) is 5.91 Å². The van der Waals surface area contributed by atoms with Crippen LogP contribution in [0.4, 0.5) is 0 Å². The number of benzene rings is 2. The van der Waals surface area contributed by atoms with Crippen molar-refractivity contribution in [2.75, 3.05) is 6.73 Å². The molecule has 2 aromatic carbocycles. The monoisotopic (exact) mass is 436 g/mol. The van der Waals surface area contributed by atoms with Gasteiger partial charge in [-0.15, -0.1) is 0 Å². The summed E-state index contributed by atoms with van der Waals surface area (Å²) in [7, 11) is 1.90. The zero-order valence-electron chi connectivity index (χ0n) is 17.8. The fourth-order valence-electron chi connectivity index (χ4n) is 3.50. The number of fused-ring (bicyclic) bond motifs is 1. The van der Waals surface area contributed by atoms with Gasteiger partial charge in [0, 0.05) is 36.8 Å². The van der Waals surface area contributed by atoms with Crippen LogP contribution in [0.2, 0.25) is 0 Å². The molecule has 162 valence electrons. The van der Waals surface area contributed by atoms with Crippen LogP contribution in [0.5, 0.6) is 5.75 Å². The fourth-order valence-corrected chi connectivity index (χ4v) is 3.50. The van der Waals surface area contributed by atoms with Crippen LogP contribution in [0, 0.1) is 0 Å². The minimum absolute atomic E-state index is 0.0124. The summed E-state index contributed by atoms with van der Waals surface area (Å²) in [6, 6.07) is 18.9. The molecule has 8 heteroatoms. The molecule has 0 unspecified atom stereocenters. The Morgan fingerprint density at radius 1 is 0.970 bits per heavy atom. The molecule has 0 bridgehead atoms. The number of hydrogen-bond donors (Lipinski definition) is 1. The van der Waals surface area contributed by atoms with E-state index in [9.17, 15) is 4.79 Å². The highest BCUT2D eigenvalue weighted by Gasteiger charge is 2.13. The number of nitrogens with zero attached hydrogens (tertiary/aromatic N) is 5. The zero-order valence-corrected chi connectivity index (χ0v) is 17.8. The molecule has 0 aliphatic carbocycles. The van der Waals surface area contributed by atoms with Gasteiger partial charge in [-0.1, -0.05) is 12.1 Å². The van der Waals surface area contributed by atoms with E-state index in [1.165, 1.54) is 6.20 Å². The molecule has 0 radical (unpaired) electrons. The van der Waals surface area contributed by atoms with E-state index in [1.54, 1.807) is 17.1 Å². The number of ether oxygens (including phenoxy) is 1. The van der Waals surface area contributed by atoms with Crippen LogP contribution >= 0.6 is 0 Å². The number of para-hydroxylation sites is 2. The van der Waals surface area contributed by atoms with E-state index < -0.39 is 0 Å². The lowest BCUT2D eigenvalue weighted by Crippen LogP contribution is -2.28. The van der Waals surface area contributed by atoms with Gasteiger partial charge in [-0.2, -0.15) is 5.10 Å². The molecule has 0 spiro atoms. The lowest BCUT2D eigenvalue weighted by molar-refractivity contribution is 0.0914. The molecular formula is C25H20N6O2. The summed E-state index contributed by atoms with van der Waals surface area (Å²) in [5.41, 5.74) is 5.56. The molecule has 0 aliphatic rings. The highest BCUT2D eigenvalue weighted by atomic mass is 16.5. The molecule has 3 heterocycles. The van der Waals surface area contributed by atoms with Gasteiger partial charge < -0.3 is 10.1 Å². The Morgan fingerprint density at radius 2 is 1.73 bits per heavy atom. The minimum atomic E-state index is -0.347. The molecule has 5 aromatic rings. The second kappa shape index (κ2) is 8.88. The SMILES string of the molecule is Cn1cc(-c2ccncc2)c(-c2ccc(OCNC(=O)c3cnc4ccccc4n3)cc2)n1. The van der Waals surface area contributed by atoms with Crippen LogP contribution in [-0.4, -0.2) is 37.4 Å². The fraction of sp³-hybridized carbons (Fsp3) is 0.0800. The second-order valence-electron chi connectivity index (χ2n) is 7.36. The number of hydrogen-bond acceptors (Lipinski definition) is 6.